The van der Waals surface area contributed by atoms with E-state index >= 15 is 0 Å². The molecule has 1 aliphatic heterocycles. The lowest BCUT2D eigenvalue weighted by Gasteiger charge is -2.31. The summed E-state index contributed by atoms with van der Waals surface area (Å²) >= 11 is 0. The van der Waals surface area contributed by atoms with Crippen LogP contribution in [0.5, 0.6) is 0 Å². The number of anilines is 1. The van der Waals surface area contributed by atoms with E-state index in [1.807, 2.05) is 10.6 Å². The second-order valence-electron chi connectivity index (χ2n) is 5.80. The van der Waals surface area contributed by atoms with Crippen molar-refractivity contribution in [3.63, 3.8) is 0 Å². The van der Waals surface area contributed by atoms with Gasteiger partial charge < -0.3 is 10.3 Å². The number of hydrogen-bond acceptors (Lipinski definition) is 3. The van der Waals surface area contributed by atoms with Crippen LogP contribution in [0.4, 0.5) is 5.69 Å². The number of nitrogens with two attached hydrogens (primary N) is 1. The fraction of sp³-hybridized carbons (Fsp3) is 0.667. The van der Waals surface area contributed by atoms with Crippen LogP contribution in [0.15, 0.2) is 10.9 Å². The minimum absolute atomic E-state index is 0.0376. The van der Waals surface area contributed by atoms with Gasteiger partial charge in [0.25, 0.3) is 5.56 Å². The number of nitrogen functional groups attached to an aromatic ring is 1. The molecule has 4 nitrogen and oxygen atoms in total. The molecule has 0 radical (unpaired) electrons. The topological polar surface area (TPSA) is 51.3 Å². The SMILES string of the molecule is CCN1CCc2c(cc(N)c(=O)n2C2CCCC2)C1. The van der Waals surface area contributed by atoms with Crippen LogP contribution in [0.25, 0.3) is 0 Å². The lowest BCUT2D eigenvalue weighted by Crippen LogP contribution is -2.37. The van der Waals surface area contributed by atoms with Crippen molar-refractivity contribution < 1.29 is 0 Å². The largest absolute Gasteiger partial charge is 0.394 e. The van der Waals surface area contributed by atoms with E-state index in [0.29, 0.717) is 11.7 Å². The predicted octanol–water partition coefficient (Wildman–Crippen LogP) is 1.92. The third-order valence-electron chi connectivity index (χ3n) is 4.65. The molecule has 104 valence electrons. The summed E-state index contributed by atoms with van der Waals surface area (Å²) in [5, 5.41) is 0. The Hall–Kier alpha value is -1.29. The molecule has 1 aromatic rings. The van der Waals surface area contributed by atoms with E-state index in [0.717, 1.165) is 38.9 Å². The Kier molecular flexibility index (Phi) is 3.35. The Morgan fingerprint density at radius 2 is 2.11 bits per heavy atom. The van der Waals surface area contributed by atoms with E-state index in [2.05, 4.69) is 11.8 Å². The Labute approximate surface area is 114 Å². The Balaban J connectivity index is 2.07. The van der Waals surface area contributed by atoms with Gasteiger partial charge in [-0.15, -0.1) is 0 Å². The Bertz CT molecular complexity index is 529. The molecule has 1 fully saturated rings. The van der Waals surface area contributed by atoms with Crippen molar-refractivity contribution in [2.24, 2.45) is 0 Å². The van der Waals surface area contributed by atoms with Crippen LogP contribution in [0, 0.1) is 0 Å². The van der Waals surface area contributed by atoms with Gasteiger partial charge in [0.1, 0.15) is 0 Å². The predicted molar refractivity (Wildman–Crippen MR) is 77.3 cm³/mol. The minimum atomic E-state index is 0.0376. The molecule has 19 heavy (non-hydrogen) atoms. The molecule has 0 atom stereocenters. The molecule has 0 bridgehead atoms. The zero-order chi connectivity index (χ0) is 13.4. The standard InChI is InChI=1S/C15H23N3O/c1-2-17-8-7-14-11(10-17)9-13(16)15(19)18(14)12-5-3-4-6-12/h9,12H,2-8,10,16H2,1H3. The van der Waals surface area contributed by atoms with Crippen LogP contribution in [0.2, 0.25) is 0 Å². The fourth-order valence-electron chi connectivity index (χ4n) is 3.57. The van der Waals surface area contributed by atoms with Crippen molar-refractivity contribution >= 4 is 5.69 Å². The first-order valence-electron chi connectivity index (χ1n) is 7.45. The molecular formula is C15H23N3O. The van der Waals surface area contributed by atoms with Crippen molar-refractivity contribution in [3.05, 3.63) is 27.7 Å². The molecule has 3 rings (SSSR count). The highest BCUT2D eigenvalue weighted by molar-refractivity contribution is 5.42. The van der Waals surface area contributed by atoms with Gasteiger partial charge in [0, 0.05) is 31.2 Å². The Morgan fingerprint density at radius 3 is 2.79 bits per heavy atom. The second kappa shape index (κ2) is 5.00. The highest BCUT2D eigenvalue weighted by atomic mass is 16.1. The molecule has 4 heteroatoms. The summed E-state index contributed by atoms with van der Waals surface area (Å²) in [5.41, 5.74) is 8.91. The average Bonchev–Trinajstić information content (AvgIpc) is 2.93. The highest BCUT2D eigenvalue weighted by Gasteiger charge is 2.26. The summed E-state index contributed by atoms with van der Waals surface area (Å²) in [6.07, 6.45) is 5.72. The van der Waals surface area contributed by atoms with Crippen LogP contribution in [0.1, 0.15) is 49.9 Å². The van der Waals surface area contributed by atoms with Crippen molar-refractivity contribution in [2.45, 2.75) is 51.6 Å². The molecule has 2 heterocycles. The first kappa shape index (κ1) is 12.7. The number of nitrogens with zero attached hydrogens (tertiary/aromatic N) is 2. The number of aromatic nitrogens is 1. The first-order chi connectivity index (χ1) is 9.20. The number of pyridine rings is 1. The van der Waals surface area contributed by atoms with Crippen LogP contribution in [-0.4, -0.2) is 22.6 Å². The Morgan fingerprint density at radius 1 is 1.37 bits per heavy atom. The molecule has 0 spiro atoms. The summed E-state index contributed by atoms with van der Waals surface area (Å²) in [4.78, 5) is 14.8. The normalized spacial score (nSPS) is 20.7. The van der Waals surface area contributed by atoms with E-state index in [9.17, 15) is 4.79 Å². The van der Waals surface area contributed by atoms with Gasteiger partial charge >= 0.3 is 0 Å². The fourth-order valence-corrected chi connectivity index (χ4v) is 3.57. The van der Waals surface area contributed by atoms with Gasteiger partial charge in [0.2, 0.25) is 0 Å². The molecule has 0 saturated heterocycles. The van der Waals surface area contributed by atoms with Crippen molar-refractivity contribution in [1.82, 2.24) is 9.47 Å². The second-order valence-corrected chi connectivity index (χ2v) is 5.80. The van der Waals surface area contributed by atoms with Crippen molar-refractivity contribution in [3.8, 4) is 0 Å². The van der Waals surface area contributed by atoms with Crippen molar-refractivity contribution in [1.29, 1.82) is 0 Å². The van der Waals surface area contributed by atoms with Crippen molar-refractivity contribution in [2.75, 3.05) is 18.8 Å². The summed E-state index contributed by atoms with van der Waals surface area (Å²) in [7, 11) is 0. The molecule has 0 unspecified atom stereocenters. The third-order valence-corrected chi connectivity index (χ3v) is 4.65. The minimum Gasteiger partial charge on any atom is -0.394 e. The number of likely N-dealkylation sites (N-methyl/N-ethyl adjacent to an activating group) is 1. The number of fused-ring (bicyclic) bond motifs is 1. The van der Waals surface area contributed by atoms with E-state index in [1.165, 1.54) is 24.1 Å². The number of rotatable bonds is 2. The summed E-state index contributed by atoms with van der Waals surface area (Å²) in [6.45, 7) is 5.23. The van der Waals surface area contributed by atoms with E-state index in [4.69, 9.17) is 5.73 Å². The summed E-state index contributed by atoms with van der Waals surface area (Å²) in [5.74, 6) is 0. The zero-order valence-corrected chi connectivity index (χ0v) is 11.7. The van der Waals surface area contributed by atoms with Gasteiger partial charge in [-0.3, -0.25) is 9.69 Å². The summed E-state index contributed by atoms with van der Waals surface area (Å²) in [6, 6.07) is 2.29. The number of hydrogen-bond donors (Lipinski definition) is 1. The van der Waals surface area contributed by atoms with E-state index in [1.54, 1.807) is 0 Å². The maximum atomic E-state index is 12.4. The van der Waals surface area contributed by atoms with Crippen LogP contribution in [0.3, 0.4) is 0 Å². The highest BCUT2D eigenvalue weighted by Crippen LogP contribution is 2.31. The van der Waals surface area contributed by atoms with Gasteiger partial charge in [0.15, 0.2) is 0 Å². The lowest BCUT2D eigenvalue weighted by atomic mass is 10.0. The van der Waals surface area contributed by atoms with Crippen LogP contribution < -0.4 is 11.3 Å². The maximum Gasteiger partial charge on any atom is 0.274 e. The molecule has 1 aromatic heterocycles. The molecular weight excluding hydrogens is 238 g/mol. The first-order valence-corrected chi connectivity index (χ1v) is 7.45. The van der Waals surface area contributed by atoms with Gasteiger partial charge in [-0.05, 0) is 31.0 Å². The average molecular weight is 261 g/mol. The van der Waals surface area contributed by atoms with E-state index in [-0.39, 0.29) is 5.56 Å². The quantitative estimate of drug-likeness (QED) is 0.885. The molecule has 0 aromatic carbocycles. The van der Waals surface area contributed by atoms with Gasteiger partial charge in [-0.25, -0.2) is 0 Å². The monoisotopic (exact) mass is 261 g/mol. The zero-order valence-electron chi connectivity index (χ0n) is 11.7. The van der Waals surface area contributed by atoms with E-state index < -0.39 is 0 Å². The van der Waals surface area contributed by atoms with Crippen LogP contribution in [-0.2, 0) is 13.0 Å². The summed E-state index contributed by atoms with van der Waals surface area (Å²) < 4.78 is 2.03. The third kappa shape index (κ3) is 2.18. The molecule has 2 N–H and O–H groups in total. The molecule has 1 saturated carbocycles. The van der Waals surface area contributed by atoms with Gasteiger partial charge in [-0.1, -0.05) is 19.8 Å². The molecule has 1 aliphatic carbocycles. The van der Waals surface area contributed by atoms with Gasteiger partial charge in [-0.2, -0.15) is 0 Å². The molecule has 0 amide bonds. The smallest absolute Gasteiger partial charge is 0.274 e. The maximum absolute atomic E-state index is 12.4. The molecule has 2 aliphatic rings. The lowest BCUT2D eigenvalue weighted by molar-refractivity contribution is 0.259. The van der Waals surface area contributed by atoms with Crippen LogP contribution >= 0.6 is 0 Å². The van der Waals surface area contributed by atoms with Gasteiger partial charge in [0.05, 0.1) is 5.69 Å².